The van der Waals surface area contributed by atoms with Gasteiger partial charge in [0, 0.05) is 19.7 Å². The van der Waals surface area contributed by atoms with E-state index < -0.39 is 23.1 Å². The Morgan fingerprint density at radius 1 is 1.33 bits per heavy atom. The Morgan fingerprint density at radius 3 is 2.62 bits per heavy atom. The molecular formula is C17H18F2N2O3. The number of aromatic nitrogens is 1. The second-order valence-electron chi connectivity index (χ2n) is 6.38. The molecule has 0 atom stereocenters. The van der Waals surface area contributed by atoms with Crippen LogP contribution in [0.4, 0.5) is 8.78 Å². The fourth-order valence-corrected chi connectivity index (χ4v) is 3.05. The van der Waals surface area contributed by atoms with Gasteiger partial charge in [-0.15, -0.1) is 0 Å². The van der Waals surface area contributed by atoms with Gasteiger partial charge in [-0.1, -0.05) is 12.5 Å². The van der Waals surface area contributed by atoms with Crippen molar-refractivity contribution in [1.29, 1.82) is 0 Å². The summed E-state index contributed by atoms with van der Waals surface area (Å²) in [4.78, 5) is 23.4. The Kier molecular flexibility index (Phi) is 4.26. The molecule has 3 rings (SSSR count). The lowest BCUT2D eigenvalue weighted by Gasteiger charge is -2.42. The monoisotopic (exact) mass is 336 g/mol. The lowest BCUT2D eigenvalue weighted by Crippen LogP contribution is -2.43. The molecule has 1 aromatic heterocycles. The Bertz CT molecular complexity index is 821. The Balaban J connectivity index is 1.67. The molecule has 0 radical (unpaired) electrons. The third kappa shape index (κ3) is 3.25. The highest BCUT2D eigenvalue weighted by Crippen LogP contribution is 2.43. The average molecular weight is 336 g/mol. The first-order valence-electron chi connectivity index (χ1n) is 7.78. The molecule has 0 unspecified atom stereocenters. The summed E-state index contributed by atoms with van der Waals surface area (Å²) >= 11 is 0. The van der Waals surface area contributed by atoms with Crippen LogP contribution in [0.1, 0.15) is 35.4 Å². The first-order chi connectivity index (χ1) is 11.4. The molecule has 0 aliphatic heterocycles. The molecule has 1 amide bonds. The van der Waals surface area contributed by atoms with E-state index in [1.807, 2.05) is 0 Å². The van der Waals surface area contributed by atoms with Crippen molar-refractivity contribution in [2.75, 3.05) is 6.54 Å². The molecule has 5 nitrogen and oxygen atoms in total. The lowest BCUT2D eigenvalue weighted by atomic mass is 9.65. The number of benzene rings is 1. The van der Waals surface area contributed by atoms with E-state index in [2.05, 4.69) is 5.32 Å². The highest BCUT2D eigenvalue weighted by molar-refractivity contribution is 5.91. The highest BCUT2D eigenvalue weighted by atomic mass is 19.1. The smallest absolute Gasteiger partial charge is 0.289 e. The zero-order valence-corrected chi connectivity index (χ0v) is 13.3. The van der Waals surface area contributed by atoms with Gasteiger partial charge in [0.25, 0.3) is 11.5 Å². The van der Waals surface area contributed by atoms with Crippen molar-refractivity contribution < 1.29 is 18.1 Å². The van der Waals surface area contributed by atoms with E-state index in [1.165, 1.54) is 19.2 Å². The molecular weight excluding hydrogens is 318 g/mol. The van der Waals surface area contributed by atoms with Gasteiger partial charge in [-0.25, -0.2) is 8.78 Å². The number of rotatable bonds is 5. The van der Waals surface area contributed by atoms with Crippen LogP contribution in [0.15, 0.2) is 33.6 Å². The standard InChI is InChI=1S/C17H18F2N2O3/c1-21-15(22)8-14(24-21)16(23)20-10-17(5-2-6-17)9-11-3-4-12(18)7-13(11)19/h3-4,7-8H,2,5-6,9-10H2,1H3,(H,20,23). The van der Waals surface area contributed by atoms with Crippen LogP contribution in [0.3, 0.4) is 0 Å². The summed E-state index contributed by atoms with van der Waals surface area (Å²) in [6, 6.07) is 4.69. The van der Waals surface area contributed by atoms with Crippen LogP contribution in [-0.2, 0) is 13.5 Å². The van der Waals surface area contributed by atoms with Gasteiger partial charge < -0.3 is 9.84 Å². The van der Waals surface area contributed by atoms with Gasteiger partial charge in [0.15, 0.2) is 0 Å². The first kappa shape index (κ1) is 16.4. The highest BCUT2D eigenvalue weighted by Gasteiger charge is 2.38. The quantitative estimate of drug-likeness (QED) is 0.912. The fraction of sp³-hybridized carbons (Fsp3) is 0.412. The minimum absolute atomic E-state index is 0.0510. The Labute approximate surface area is 137 Å². The fourth-order valence-electron chi connectivity index (χ4n) is 3.05. The van der Waals surface area contributed by atoms with Gasteiger partial charge >= 0.3 is 0 Å². The molecule has 0 bridgehead atoms. The van der Waals surface area contributed by atoms with Crippen molar-refractivity contribution in [1.82, 2.24) is 10.1 Å². The summed E-state index contributed by atoms with van der Waals surface area (Å²) in [6.07, 6.45) is 3.13. The zero-order valence-electron chi connectivity index (χ0n) is 13.3. The van der Waals surface area contributed by atoms with Gasteiger partial charge in [0.05, 0.1) is 6.07 Å². The van der Waals surface area contributed by atoms with Crippen LogP contribution in [0, 0.1) is 17.0 Å². The maximum atomic E-state index is 13.9. The molecule has 1 aliphatic carbocycles. The van der Waals surface area contributed by atoms with Crippen LogP contribution < -0.4 is 10.9 Å². The molecule has 1 N–H and O–H groups in total. The van der Waals surface area contributed by atoms with Crippen LogP contribution in [0.5, 0.6) is 0 Å². The Hall–Kier alpha value is -2.44. The summed E-state index contributed by atoms with van der Waals surface area (Å²) in [7, 11) is 1.42. The third-order valence-corrected chi connectivity index (χ3v) is 4.64. The van der Waals surface area contributed by atoms with E-state index in [9.17, 15) is 18.4 Å². The predicted molar refractivity (Wildman–Crippen MR) is 82.6 cm³/mol. The van der Waals surface area contributed by atoms with E-state index in [1.54, 1.807) is 0 Å². The number of nitrogens with one attached hydrogen (secondary N) is 1. The van der Waals surface area contributed by atoms with Gasteiger partial charge in [0.2, 0.25) is 5.76 Å². The predicted octanol–water partition coefficient (Wildman–Crippen LogP) is 2.40. The van der Waals surface area contributed by atoms with Crippen LogP contribution in [0.25, 0.3) is 0 Å². The minimum atomic E-state index is -0.605. The third-order valence-electron chi connectivity index (χ3n) is 4.64. The maximum absolute atomic E-state index is 13.9. The van der Waals surface area contributed by atoms with E-state index in [4.69, 9.17) is 4.52 Å². The molecule has 24 heavy (non-hydrogen) atoms. The second kappa shape index (κ2) is 6.22. The molecule has 1 heterocycles. The summed E-state index contributed by atoms with van der Waals surface area (Å²) in [5.74, 6) is -1.70. The van der Waals surface area contributed by atoms with Crippen molar-refractivity contribution in [3.8, 4) is 0 Å². The molecule has 128 valence electrons. The van der Waals surface area contributed by atoms with Crippen LogP contribution >= 0.6 is 0 Å². The van der Waals surface area contributed by atoms with Crippen molar-refractivity contribution in [2.24, 2.45) is 12.5 Å². The minimum Gasteiger partial charge on any atom is -0.371 e. The summed E-state index contributed by atoms with van der Waals surface area (Å²) in [6.45, 7) is 0.348. The molecule has 1 aliphatic rings. The first-order valence-corrected chi connectivity index (χ1v) is 7.78. The average Bonchev–Trinajstić information content (AvgIpc) is 2.83. The van der Waals surface area contributed by atoms with E-state index in [-0.39, 0.29) is 11.2 Å². The van der Waals surface area contributed by atoms with Crippen molar-refractivity contribution in [3.63, 3.8) is 0 Å². The molecule has 1 aromatic carbocycles. The summed E-state index contributed by atoms with van der Waals surface area (Å²) in [5.41, 5.74) is -0.202. The van der Waals surface area contributed by atoms with Crippen molar-refractivity contribution >= 4 is 5.91 Å². The van der Waals surface area contributed by atoms with Crippen molar-refractivity contribution in [3.05, 3.63) is 57.6 Å². The Morgan fingerprint density at radius 2 is 2.08 bits per heavy atom. The van der Waals surface area contributed by atoms with Crippen LogP contribution in [-0.4, -0.2) is 17.2 Å². The number of carbonyl (C=O) groups excluding carboxylic acids is 1. The van der Waals surface area contributed by atoms with E-state index in [0.717, 1.165) is 36.1 Å². The molecule has 0 spiro atoms. The van der Waals surface area contributed by atoms with Gasteiger partial charge in [-0.3, -0.25) is 9.59 Å². The maximum Gasteiger partial charge on any atom is 0.289 e. The number of hydrogen-bond donors (Lipinski definition) is 1. The number of nitrogens with zero attached hydrogens (tertiary/aromatic N) is 1. The number of halogens is 2. The van der Waals surface area contributed by atoms with E-state index >= 15 is 0 Å². The summed E-state index contributed by atoms with van der Waals surface area (Å²) in [5, 5.41) is 2.75. The van der Waals surface area contributed by atoms with Gasteiger partial charge in [-0.2, -0.15) is 4.74 Å². The second-order valence-corrected chi connectivity index (χ2v) is 6.38. The number of aryl methyl sites for hydroxylation is 1. The number of amides is 1. The topological polar surface area (TPSA) is 64.2 Å². The van der Waals surface area contributed by atoms with E-state index in [0.29, 0.717) is 18.5 Å². The largest absolute Gasteiger partial charge is 0.371 e. The number of carbonyl (C=O) groups is 1. The molecule has 1 fully saturated rings. The molecule has 1 saturated carbocycles. The molecule has 2 aromatic rings. The normalized spacial score (nSPS) is 15.8. The van der Waals surface area contributed by atoms with Gasteiger partial charge in [-0.05, 0) is 36.3 Å². The van der Waals surface area contributed by atoms with Crippen molar-refractivity contribution in [2.45, 2.75) is 25.7 Å². The number of hydrogen-bond acceptors (Lipinski definition) is 3. The summed E-state index contributed by atoms with van der Waals surface area (Å²) < 4.78 is 32.9. The zero-order chi connectivity index (χ0) is 17.3. The van der Waals surface area contributed by atoms with Gasteiger partial charge in [0.1, 0.15) is 11.6 Å². The lowest BCUT2D eigenvalue weighted by molar-refractivity contribution is 0.0813. The molecule has 7 heteroatoms. The van der Waals surface area contributed by atoms with Crippen LogP contribution in [0.2, 0.25) is 0 Å². The molecule has 0 saturated heterocycles. The SMILES string of the molecule is Cn1oc(C(=O)NCC2(Cc3ccc(F)cc3F)CCC2)cc1=O.